The first-order valence-corrected chi connectivity index (χ1v) is 10.5. The molecule has 2 aromatic rings. The van der Waals surface area contributed by atoms with Gasteiger partial charge in [-0.25, -0.2) is 4.98 Å². The van der Waals surface area contributed by atoms with Gasteiger partial charge in [0.1, 0.15) is 17.7 Å². The van der Waals surface area contributed by atoms with Gasteiger partial charge >= 0.3 is 0 Å². The molecule has 0 bridgehead atoms. The number of aromatic nitrogens is 2. The Morgan fingerprint density at radius 2 is 1.93 bits per heavy atom. The zero-order valence-corrected chi connectivity index (χ0v) is 17.2. The number of benzene rings is 1. The number of nitrogens with two attached hydrogens (primary N) is 1. The molecule has 0 atom stereocenters. The van der Waals surface area contributed by atoms with Crippen molar-refractivity contribution in [3.63, 3.8) is 0 Å². The zero-order valence-electron chi connectivity index (χ0n) is 15.7. The topological polar surface area (TPSA) is 76.3 Å². The number of hydrogen-bond acceptors (Lipinski definition) is 6. The molecule has 1 saturated carbocycles. The smallest absolute Gasteiger partial charge is 0.224 e. The molecule has 0 spiro atoms. The molecule has 2 fully saturated rings. The Labute approximate surface area is 175 Å². The maximum absolute atomic E-state index is 6.05. The van der Waals surface area contributed by atoms with Crippen molar-refractivity contribution in [3.8, 4) is 5.75 Å². The van der Waals surface area contributed by atoms with Crippen LogP contribution in [0.5, 0.6) is 5.75 Å². The number of piperidine rings is 1. The van der Waals surface area contributed by atoms with E-state index in [1.54, 1.807) is 12.1 Å². The summed E-state index contributed by atoms with van der Waals surface area (Å²) in [7, 11) is 0. The Bertz CT molecular complexity index is 822. The van der Waals surface area contributed by atoms with Gasteiger partial charge in [0, 0.05) is 44.0 Å². The van der Waals surface area contributed by atoms with E-state index in [-0.39, 0.29) is 6.10 Å². The number of halogens is 2. The van der Waals surface area contributed by atoms with Crippen molar-refractivity contribution >= 4 is 35.0 Å². The molecule has 1 aromatic carbocycles. The molecule has 2 heterocycles. The Kier molecular flexibility index (Phi) is 6.09. The summed E-state index contributed by atoms with van der Waals surface area (Å²) in [4.78, 5) is 11.2. The largest absolute Gasteiger partial charge is 0.490 e. The van der Waals surface area contributed by atoms with Crippen LogP contribution in [0.3, 0.4) is 0 Å². The fourth-order valence-electron chi connectivity index (χ4n) is 3.52. The highest BCUT2D eigenvalue weighted by Gasteiger charge is 2.26. The molecule has 3 N–H and O–H groups in total. The van der Waals surface area contributed by atoms with E-state index in [1.165, 1.54) is 12.8 Å². The monoisotopic (exact) mass is 421 g/mol. The maximum Gasteiger partial charge on any atom is 0.224 e. The Morgan fingerprint density at radius 1 is 1.14 bits per heavy atom. The van der Waals surface area contributed by atoms with Crippen LogP contribution in [0.25, 0.3) is 0 Å². The number of nitrogens with zero attached hydrogens (tertiary/aromatic N) is 3. The molecule has 1 aliphatic heterocycles. The SMILES string of the molecule is Nc1nc(NCCN2CCC(Oc3ccc(Cl)c(Cl)c3)CC2)ncc1C1CC1. The molecular weight excluding hydrogens is 397 g/mol. The Balaban J connectivity index is 1.18. The van der Waals surface area contributed by atoms with E-state index >= 15 is 0 Å². The average Bonchev–Trinajstić information content (AvgIpc) is 3.51. The molecule has 1 aliphatic carbocycles. The van der Waals surface area contributed by atoms with Crippen LogP contribution in [-0.2, 0) is 0 Å². The standard InChI is InChI=1S/C20H25Cl2N5O/c21-17-4-3-15(11-18(17)22)28-14-5-8-27(9-6-14)10-7-24-20-25-12-16(13-1-2-13)19(23)26-20/h3-4,11-14H,1-2,5-10H2,(H3,23,24,25,26). The second-order valence-corrected chi connectivity index (χ2v) is 8.28. The highest BCUT2D eigenvalue weighted by Crippen LogP contribution is 2.41. The fraction of sp³-hybridized carbons (Fsp3) is 0.500. The van der Waals surface area contributed by atoms with Crippen molar-refractivity contribution in [2.24, 2.45) is 0 Å². The van der Waals surface area contributed by atoms with E-state index in [1.807, 2.05) is 12.3 Å². The van der Waals surface area contributed by atoms with Gasteiger partial charge in [0.05, 0.1) is 10.0 Å². The quantitative estimate of drug-likeness (QED) is 0.697. The number of hydrogen-bond donors (Lipinski definition) is 2. The molecule has 28 heavy (non-hydrogen) atoms. The molecule has 0 radical (unpaired) electrons. The van der Waals surface area contributed by atoms with E-state index in [0.29, 0.717) is 27.7 Å². The maximum atomic E-state index is 6.05. The Morgan fingerprint density at radius 3 is 2.61 bits per heavy atom. The third kappa shape index (κ3) is 4.99. The zero-order chi connectivity index (χ0) is 19.5. The highest BCUT2D eigenvalue weighted by molar-refractivity contribution is 6.42. The van der Waals surface area contributed by atoms with E-state index in [2.05, 4.69) is 20.2 Å². The second kappa shape index (κ2) is 8.72. The molecule has 1 saturated heterocycles. The summed E-state index contributed by atoms with van der Waals surface area (Å²) in [6.07, 6.45) is 6.45. The van der Waals surface area contributed by atoms with E-state index in [9.17, 15) is 0 Å². The molecule has 6 nitrogen and oxygen atoms in total. The summed E-state index contributed by atoms with van der Waals surface area (Å²) in [5, 5.41) is 4.35. The van der Waals surface area contributed by atoms with Crippen LogP contribution in [0.4, 0.5) is 11.8 Å². The van der Waals surface area contributed by atoms with Gasteiger partial charge in [0.2, 0.25) is 5.95 Å². The lowest BCUT2D eigenvalue weighted by Crippen LogP contribution is -2.40. The summed E-state index contributed by atoms with van der Waals surface area (Å²) in [6.45, 7) is 3.72. The first-order chi connectivity index (χ1) is 13.6. The van der Waals surface area contributed by atoms with Crippen molar-refractivity contribution in [3.05, 3.63) is 40.0 Å². The Hall–Kier alpha value is -1.76. The van der Waals surface area contributed by atoms with Gasteiger partial charge < -0.3 is 20.7 Å². The minimum atomic E-state index is 0.208. The molecule has 1 aromatic heterocycles. The van der Waals surface area contributed by atoms with Crippen LogP contribution in [-0.4, -0.2) is 47.2 Å². The highest BCUT2D eigenvalue weighted by atomic mass is 35.5. The molecule has 150 valence electrons. The van der Waals surface area contributed by atoms with Crippen molar-refractivity contribution < 1.29 is 4.74 Å². The summed E-state index contributed by atoms with van der Waals surface area (Å²) < 4.78 is 6.04. The third-order valence-electron chi connectivity index (χ3n) is 5.30. The molecule has 0 amide bonds. The summed E-state index contributed by atoms with van der Waals surface area (Å²) in [6, 6.07) is 5.41. The van der Waals surface area contributed by atoms with Gasteiger partial charge in [-0.05, 0) is 43.7 Å². The lowest BCUT2D eigenvalue weighted by molar-refractivity contribution is 0.103. The summed E-state index contributed by atoms with van der Waals surface area (Å²) >= 11 is 12.0. The predicted octanol–water partition coefficient (Wildman–Crippen LogP) is 4.20. The number of rotatable bonds is 7. The van der Waals surface area contributed by atoms with Crippen LogP contribution in [0.2, 0.25) is 10.0 Å². The second-order valence-electron chi connectivity index (χ2n) is 7.47. The van der Waals surface area contributed by atoms with Crippen LogP contribution in [0.1, 0.15) is 37.2 Å². The summed E-state index contributed by atoms with van der Waals surface area (Å²) in [5.41, 5.74) is 7.13. The van der Waals surface area contributed by atoms with Crippen molar-refractivity contribution in [1.82, 2.24) is 14.9 Å². The van der Waals surface area contributed by atoms with Gasteiger partial charge in [-0.1, -0.05) is 23.2 Å². The molecule has 8 heteroatoms. The normalized spacial score (nSPS) is 18.2. The van der Waals surface area contributed by atoms with Gasteiger partial charge in [0.25, 0.3) is 0 Å². The molecule has 0 unspecified atom stereocenters. The lowest BCUT2D eigenvalue weighted by Gasteiger charge is -2.32. The lowest BCUT2D eigenvalue weighted by atomic mass is 10.1. The first-order valence-electron chi connectivity index (χ1n) is 9.79. The van der Waals surface area contributed by atoms with Gasteiger partial charge in [-0.3, -0.25) is 0 Å². The van der Waals surface area contributed by atoms with E-state index in [4.69, 9.17) is 33.7 Å². The van der Waals surface area contributed by atoms with Crippen LogP contribution in [0.15, 0.2) is 24.4 Å². The fourth-order valence-corrected chi connectivity index (χ4v) is 3.81. The average molecular weight is 422 g/mol. The molecule has 2 aliphatic rings. The number of nitrogens with one attached hydrogen (secondary N) is 1. The number of likely N-dealkylation sites (tertiary alicyclic amines) is 1. The van der Waals surface area contributed by atoms with E-state index in [0.717, 1.165) is 50.3 Å². The molecular formula is C20H25Cl2N5O. The van der Waals surface area contributed by atoms with Gasteiger partial charge in [-0.15, -0.1) is 0 Å². The van der Waals surface area contributed by atoms with Gasteiger partial charge in [0.15, 0.2) is 0 Å². The molecule has 4 rings (SSSR count). The summed E-state index contributed by atoms with van der Waals surface area (Å²) in [5.74, 6) is 2.57. The minimum Gasteiger partial charge on any atom is -0.490 e. The van der Waals surface area contributed by atoms with Crippen LogP contribution in [0, 0.1) is 0 Å². The number of nitrogen functional groups attached to an aromatic ring is 1. The first kappa shape index (κ1) is 19.6. The minimum absolute atomic E-state index is 0.208. The van der Waals surface area contributed by atoms with Crippen molar-refractivity contribution in [2.45, 2.75) is 37.7 Å². The van der Waals surface area contributed by atoms with Crippen LogP contribution < -0.4 is 15.8 Å². The third-order valence-corrected chi connectivity index (χ3v) is 6.04. The van der Waals surface area contributed by atoms with Crippen LogP contribution >= 0.6 is 23.2 Å². The number of ether oxygens (including phenoxy) is 1. The van der Waals surface area contributed by atoms with Crippen molar-refractivity contribution in [1.29, 1.82) is 0 Å². The van der Waals surface area contributed by atoms with Crippen molar-refractivity contribution in [2.75, 3.05) is 37.2 Å². The number of anilines is 2. The predicted molar refractivity (Wildman–Crippen MR) is 113 cm³/mol. The van der Waals surface area contributed by atoms with Gasteiger partial charge in [-0.2, -0.15) is 4.98 Å². The van der Waals surface area contributed by atoms with E-state index < -0.39 is 0 Å².